The molecule has 2 amide bonds. The Balaban J connectivity index is 1.40. The van der Waals surface area contributed by atoms with Crippen molar-refractivity contribution in [2.45, 2.75) is 0 Å². The SMILES string of the molecule is C=CCN1C(=O)c2cccc3c(Nc4ccc5nn(-c6ccccc6O)nc5c4)ccc(c23)C1=O. The molecule has 0 unspecified atom stereocenters. The first-order valence-electron chi connectivity index (χ1n) is 11.0. The lowest BCUT2D eigenvalue weighted by Gasteiger charge is -2.27. The molecule has 4 aromatic carbocycles. The van der Waals surface area contributed by atoms with E-state index in [9.17, 15) is 14.7 Å². The predicted octanol–water partition coefficient (Wildman–Crippen LogP) is 4.80. The maximum atomic E-state index is 13.0. The molecule has 6 rings (SSSR count). The summed E-state index contributed by atoms with van der Waals surface area (Å²) in [6, 6.07) is 21.5. The molecule has 5 aromatic rings. The van der Waals surface area contributed by atoms with Crippen LogP contribution in [0.15, 0.2) is 85.5 Å². The molecule has 8 nitrogen and oxygen atoms in total. The van der Waals surface area contributed by atoms with Crippen molar-refractivity contribution in [1.29, 1.82) is 0 Å². The molecule has 1 aliphatic heterocycles. The highest BCUT2D eigenvalue weighted by atomic mass is 16.3. The number of hydrogen-bond acceptors (Lipinski definition) is 6. The number of anilines is 2. The number of imide groups is 1. The Hall–Kier alpha value is -4.98. The molecule has 0 saturated carbocycles. The summed E-state index contributed by atoms with van der Waals surface area (Å²) in [5.74, 6) is -0.564. The number of rotatable bonds is 5. The normalized spacial score (nSPS) is 13.0. The quantitative estimate of drug-likeness (QED) is 0.288. The molecule has 1 aromatic heterocycles. The fourth-order valence-electron chi connectivity index (χ4n) is 4.44. The minimum absolute atomic E-state index is 0.0886. The van der Waals surface area contributed by atoms with Crippen LogP contribution >= 0.6 is 0 Å². The largest absolute Gasteiger partial charge is 0.506 e. The molecule has 35 heavy (non-hydrogen) atoms. The number of nitrogens with zero attached hydrogens (tertiary/aromatic N) is 4. The van der Waals surface area contributed by atoms with Gasteiger partial charge in [0.05, 0.1) is 0 Å². The first-order valence-corrected chi connectivity index (χ1v) is 11.0. The number of hydrogen-bond donors (Lipinski definition) is 2. The van der Waals surface area contributed by atoms with Crippen molar-refractivity contribution in [3.63, 3.8) is 0 Å². The van der Waals surface area contributed by atoms with Gasteiger partial charge in [-0.25, -0.2) is 0 Å². The molecule has 0 spiro atoms. The van der Waals surface area contributed by atoms with E-state index in [1.165, 1.54) is 9.70 Å². The predicted molar refractivity (Wildman–Crippen MR) is 133 cm³/mol. The summed E-state index contributed by atoms with van der Waals surface area (Å²) in [5.41, 5.74) is 4.31. The molecule has 0 fully saturated rings. The summed E-state index contributed by atoms with van der Waals surface area (Å²) in [5, 5.41) is 23.9. The topological polar surface area (TPSA) is 100 Å². The third kappa shape index (κ3) is 3.23. The lowest BCUT2D eigenvalue weighted by molar-refractivity contribution is 0.0629. The van der Waals surface area contributed by atoms with Gasteiger partial charge < -0.3 is 10.4 Å². The van der Waals surface area contributed by atoms with Crippen LogP contribution < -0.4 is 5.32 Å². The number of carbonyl (C=O) groups excluding carboxylic acids is 2. The van der Waals surface area contributed by atoms with E-state index in [4.69, 9.17) is 0 Å². The first kappa shape index (κ1) is 20.6. The second-order valence-corrected chi connectivity index (χ2v) is 8.21. The molecule has 8 heteroatoms. The number of carbonyl (C=O) groups is 2. The Morgan fingerprint density at radius 3 is 2.46 bits per heavy atom. The van der Waals surface area contributed by atoms with Crippen LogP contribution in [0, 0.1) is 0 Å². The van der Waals surface area contributed by atoms with Crippen LogP contribution in [0.1, 0.15) is 20.7 Å². The van der Waals surface area contributed by atoms with Crippen molar-refractivity contribution in [1.82, 2.24) is 19.9 Å². The second kappa shape index (κ2) is 7.81. The molecular weight excluding hydrogens is 442 g/mol. The number of fused-ring (bicyclic) bond motifs is 1. The number of benzene rings is 4. The van der Waals surface area contributed by atoms with Gasteiger partial charge in [-0.2, -0.15) is 0 Å². The molecule has 1 aliphatic rings. The maximum absolute atomic E-state index is 13.0. The van der Waals surface area contributed by atoms with Crippen molar-refractivity contribution >= 4 is 45.0 Å². The van der Waals surface area contributed by atoms with Gasteiger partial charge >= 0.3 is 0 Å². The van der Waals surface area contributed by atoms with Gasteiger partial charge in [0.1, 0.15) is 22.5 Å². The molecule has 0 bridgehead atoms. The maximum Gasteiger partial charge on any atom is 0.261 e. The molecule has 0 radical (unpaired) electrons. The van der Waals surface area contributed by atoms with Gasteiger partial charge in [-0.3, -0.25) is 14.5 Å². The van der Waals surface area contributed by atoms with Crippen LogP contribution in [0.4, 0.5) is 11.4 Å². The third-order valence-electron chi connectivity index (χ3n) is 6.06. The van der Waals surface area contributed by atoms with Crippen molar-refractivity contribution in [2.75, 3.05) is 11.9 Å². The highest BCUT2D eigenvalue weighted by molar-refractivity contribution is 6.27. The van der Waals surface area contributed by atoms with Gasteiger partial charge in [0.25, 0.3) is 11.8 Å². The standard InChI is InChI=1S/C27H19N5O3/c1-2-14-31-26(34)18-7-5-6-17-20(13-11-19(25(17)18)27(31)35)28-16-10-12-21-22(15-16)30-32(29-21)23-8-3-4-9-24(23)33/h2-13,15,28,33H,1,14H2. The molecule has 0 aliphatic carbocycles. The second-order valence-electron chi connectivity index (χ2n) is 8.21. The van der Waals surface area contributed by atoms with E-state index in [0.717, 1.165) is 16.8 Å². The zero-order valence-electron chi connectivity index (χ0n) is 18.5. The van der Waals surface area contributed by atoms with Gasteiger partial charge in [-0.05, 0) is 48.5 Å². The highest BCUT2D eigenvalue weighted by Gasteiger charge is 2.32. The van der Waals surface area contributed by atoms with E-state index in [1.54, 1.807) is 42.5 Å². The van der Waals surface area contributed by atoms with Gasteiger partial charge in [0.2, 0.25) is 0 Å². The fraction of sp³-hybridized carbons (Fsp3) is 0.0370. The monoisotopic (exact) mass is 461 g/mol. The van der Waals surface area contributed by atoms with Gasteiger partial charge in [-0.1, -0.05) is 30.3 Å². The van der Waals surface area contributed by atoms with Crippen LogP contribution in [0.25, 0.3) is 27.5 Å². The summed E-state index contributed by atoms with van der Waals surface area (Å²) in [6.07, 6.45) is 1.54. The number of aromatic nitrogens is 3. The zero-order valence-corrected chi connectivity index (χ0v) is 18.5. The lowest BCUT2D eigenvalue weighted by Crippen LogP contribution is -2.40. The van der Waals surface area contributed by atoms with Gasteiger partial charge in [0.15, 0.2) is 0 Å². The number of phenolic OH excluding ortho intramolecular Hbond substituents is 1. The van der Waals surface area contributed by atoms with Crippen LogP contribution in [0.2, 0.25) is 0 Å². The number of nitrogens with one attached hydrogen (secondary N) is 1. The summed E-state index contributed by atoms with van der Waals surface area (Å²) in [6.45, 7) is 3.82. The lowest BCUT2D eigenvalue weighted by atomic mass is 9.93. The zero-order chi connectivity index (χ0) is 24.1. The molecule has 2 heterocycles. The van der Waals surface area contributed by atoms with Crippen molar-refractivity contribution in [3.05, 3.63) is 96.6 Å². The smallest absolute Gasteiger partial charge is 0.261 e. The Kier molecular flexibility index (Phi) is 4.60. The summed E-state index contributed by atoms with van der Waals surface area (Å²) in [4.78, 5) is 28.5. The van der Waals surface area contributed by atoms with Crippen molar-refractivity contribution in [2.24, 2.45) is 0 Å². The van der Waals surface area contributed by atoms with E-state index >= 15 is 0 Å². The minimum Gasteiger partial charge on any atom is -0.506 e. The summed E-state index contributed by atoms with van der Waals surface area (Å²) in [7, 11) is 0. The average Bonchev–Trinajstić information content (AvgIpc) is 3.29. The van der Waals surface area contributed by atoms with Crippen molar-refractivity contribution in [3.8, 4) is 11.4 Å². The minimum atomic E-state index is -0.327. The summed E-state index contributed by atoms with van der Waals surface area (Å²) >= 11 is 0. The first-order chi connectivity index (χ1) is 17.0. The van der Waals surface area contributed by atoms with Crippen molar-refractivity contribution < 1.29 is 14.7 Å². The number of aromatic hydroxyl groups is 1. The Morgan fingerprint density at radius 1 is 0.886 bits per heavy atom. The Labute approximate surface area is 199 Å². The molecule has 0 saturated heterocycles. The van der Waals surface area contributed by atoms with Gasteiger partial charge in [0, 0.05) is 39.8 Å². The fourth-order valence-corrected chi connectivity index (χ4v) is 4.44. The Bertz CT molecular complexity index is 1670. The number of phenols is 1. The van der Waals surface area contributed by atoms with E-state index in [1.807, 2.05) is 36.4 Å². The van der Waals surface area contributed by atoms with E-state index in [0.29, 0.717) is 33.2 Å². The molecule has 170 valence electrons. The third-order valence-corrected chi connectivity index (χ3v) is 6.06. The van der Waals surface area contributed by atoms with Crippen LogP contribution in [0.5, 0.6) is 5.75 Å². The Morgan fingerprint density at radius 2 is 1.66 bits per heavy atom. The summed E-state index contributed by atoms with van der Waals surface area (Å²) < 4.78 is 0. The van der Waals surface area contributed by atoms with Crippen LogP contribution in [0.3, 0.4) is 0 Å². The van der Waals surface area contributed by atoms with E-state index in [-0.39, 0.29) is 24.1 Å². The van der Waals surface area contributed by atoms with Crippen LogP contribution in [-0.4, -0.2) is 43.4 Å². The molecular formula is C27H19N5O3. The van der Waals surface area contributed by atoms with E-state index < -0.39 is 0 Å². The van der Waals surface area contributed by atoms with Gasteiger partial charge in [-0.15, -0.1) is 21.6 Å². The highest BCUT2D eigenvalue weighted by Crippen LogP contribution is 2.36. The number of amides is 2. The average molecular weight is 461 g/mol. The van der Waals surface area contributed by atoms with E-state index in [2.05, 4.69) is 22.1 Å². The molecule has 0 atom stereocenters. The number of para-hydroxylation sites is 2. The van der Waals surface area contributed by atoms with Crippen LogP contribution in [-0.2, 0) is 0 Å². The molecule has 2 N–H and O–H groups in total.